The second kappa shape index (κ2) is 7.41. The number of thiophene rings is 1. The first-order valence-corrected chi connectivity index (χ1v) is 8.06. The summed E-state index contributed by atoms with van der Waals surface area (Å²) in [7, 11) is 0. The molecule has 1 atom stereocenters. The molecule has 0 saturated carbocycles. The molecular formula is C14H18F3N3O2S. The SMILES string of the molecule is CCc1nc(N(CCC(F)(F)F)C[C@H](O)CO)c2ccsc2n1. The van der Waals surface area contributed by atoms with Crippen molar-refractivity contribution in [2.75, 3.05) is 24.6 Å². The molecule has 0 aliphatic heterocycles. The van der Waals surface area contributed by atoms with Gasteiger partial charge in [-0.05, 0) is 11.4 Å². The lowest BCUT2D eigenvalue weighted by atomic mass is 10.2. The van der Waals surface area contributed by atoms with Crippen LogP contribution in [-0.2, 0) is 6.42 Å². The number of aromatic nitrogens is 2. The minimum atomic E-state index is -4.31. The molecule has 2 heterocycles. The van der Waals surface area contributed by atoms with Crippen molar-refractivity contribution < 1.29 is 23.4 Å². The summed E-state index contributed by atoms with van der Waals surface area (Å²) < 4.78 is 37.7. The Morgan fingerprint density at radius 2 is 2.09 bits per heavy atom. The Kier molecular flexibility index (Phi) is 5.77. The summed E-state index contributed by atoms with van der Waals surface area (Å²) in [5.41, 5.74) is 0. The van der Waals surface area contributed by atoms with Crippen molar-refractivity contribution in [3.05, 3.63) is 17.3 Å². The topological polar surface area (TPSA) is 69.5 Å². The van der Waals surface area contributed by atoms with E-state index < -0.39 is 25.3 Å². The first kappa shape index (κ1) is 17.9. The molecule has 0 aromatic carbocycles. The third kappa shape index (κ3) is 4.76. The van der Waals surface area contributed by atoms with Crippen LogP contribution in [0.5, 0.6) is 0 Å². The Hall–Kier alpha value is -1.45. The third-order valence-electron chi connectivity index (χ3n) is 3.27. The Morgan fingerprint density at radius 3 is 2.70 bits per heavy atom. The molecule has 0 amide bonds. The average Bonchev–Trinajstić information content (AvgIpc) is 2.97. The maximum Gasteiger partial charge on any atom is 0.390 e. The van der Waals surface area contributed by atoms with Crippen molar-refractivity contribution >= 4 is 27.4 Å². The van der Waals surface area contributed by atoms with E-state index in [0.717, 1.165) is 0 Å². The van der Waals surface area contributed by atoms with Crippen molar-refractivity contribution in [2.45, 2.75) is 32.0 Å². The van der Waals surface area contributed by atoms with Gasteiger partial charge < -0.3 is 15.1 Å². The average molecular weight is 349 g/mol. The van der Waals surface area contributed by atoms with E-state index in [2.05, 4.69) is 9.97 Å². The highest BCUT2D eigenvalue weighted by Gasteiger charge is 2.29. The van der Waals surface area contributed by atoms with Gasteiger partial charge in [0.25, 0.3) is 0 Å². The van der Waals surface area contributed by atoms with Gasteiger partial charge in [-0.3, -0.25) is 0 Å². The predicted molar refractivity (Wildman–Crippen MR) is 82.8 cm³/mol. The van der Waals surface area contributed by atoms with Gasteiger partial charge in [0.15, 0.2) is 0 Å². The molecule has 2 rings (SSSR count). The number of aliphatic hydroxyl groups is 2. The third-order valence-corrected chi connectivity index (χ3v) is 4.08. The van der Waals surface area contributed by atoms with E-state index in [1.807, 2.05) is 6.92 Å². The van der Waals surface area contributed by atoms with Gasteiger partial charge in [0, 0.05) is 19.5 Å². The van der Waals surface area contributed by atoms with Gasteiger partial charge in [-0.25, -0.2) is 9.97 Å². The van der Waals surface area contributed by atoms with Gasteiger partial charge >= 0.3 is 6.18 Å². The van der Waals surface area contributed by atoms with Crippen molar-refractivity contribution in [3.8, 4) is 0 Å². The molecule has 2 N–H and O–H groups in total. The molecule has 0 unspecified atom stereocenters. The number of hydrogen-bond donors (Lipinski definition) is 2. The molecule has 2 aromatic rings. The fourth-order valence-electron chi connectivity index (χ4n) is 2.14. The van der Waals surface area contributed by atoms with E-state index in [-0.39, 0.29) is 13.1 Å². The number of rotatable bonds is 7. The highest BCUT2D eigenvalue weighted by atomic mass is 32.1. The summed E-state index contributed by atoms with van der Waals surface area (Å²) in [6.07, 6.45) is -5.92. The van der Waals surface area contributed by atoms with Crippen LogP contribution < -0.4 is 4.90 Å². The van der Waals surface area contributed by atoms with Crippen LogP contribution in [0.15, 0.2) is 11.4 Å². The lowest BCUT2D eigenvalue weighted by Gasteiger charge is -2.27. The number of alkyl halides is 3. The monoisotopic (exact) mass is 349 g/mol. The van der Waals surface area contributed by atoms with Crippen LogP contribution in [0.1, 0.15) is 19.2 Å². The number of aryl methyl sites for hydroxylation is 1. The minimum absolute atomic E-state index is 0.127. The smallest absolute Gasteiger partial charge is 0.390 e. The molecule has 23 heavy (non-hydrogen) atoms. The zero-order valence-corrected chi connectivity index (χ0v) is 13.4. The molecule has 2 aromatic heterocycles. The van der Waals surface area contributed by atoms with Crippen LogP contribution in [0.3, 0.4) is 0 Å². The summed E-state index contributed by atoms with van der Waals surface area (Å²) in [4.78, 5) is 10.8. The Labute approximate surface area is 135 Å². The summed E-state index contributed by atoms with van der Waals surface area (Å²) >= 11 is 1.38. The van der Waals surface area contributed by atoms with Gasteiger partial charge in [-0.15, -0.1) is 11.3 Å². The molecule has 9 heteroatoms. The summed E-state index contributed by atoms with van der Waals surface area (Å²) in [6, 6.07) is 1.75. The molecule has 0 saturated heterocycles. The highest BCUT2D eigenvalue weighted by Crippen LogP contribution is 2.29. The quantitative estimate of drug-likeness (QED) is 0.803. The lowest BCUT2D eigenvalue weighted by Crippen LogP contribution is -2.37. The number of fused-ring (bicyclic) bond motifs is 1. The molecular weight excluding hydrogens is 331 g/mol. The van der Waals surface area contributed by atoms with Crippen molar-refractivity contribution in [1.82, 2.24) is 9.97 Å². The maximum absolute atomic E-state index is 12.6. The lowest BCUT2D eigenvalue weighted by molar-refractivity contribution is -0.132. The van der Waals surface area contributed by atoms with Crippen LogP contribution in [0.2, 0.25) is 0 Å². The van der Waals surface area contributed by atoms with Crippen molar-refractivity contribution in [2.24, 2.45) is 0 Å². The van der Waals surface area contributed by atoms with Gasteiger partial charge in [-0.1, -0.05) is 6.92 Å². The zero-order valence-electron chi connectivity index (χ0n) is 12.5. The van der Waals surface area contributed by atoms with Crippen LogP contribution >= 0.6 is 11.3 Å². The second-order valence-corrected chi connectivity index (χ2v) is 6.00. The van der Waals surface area contributed by atoms with E-state index in [1.54, 1.807) is 11.4 Å². The fourth-order valence-corrected chi connectivity index (χ4v) is 2.92. The van der Waals surface area contributed by atoms with Crippen LogP contribution in [0.25, 0.3) is 10.2 Å². The number of nitrogens with zero attached hydrogens (tertiary/aromatic N) is 3. The molecule has 0 spiro atoms. The minimum Gasteiger partial charge on any atom is -0.394 e. The zero-order chi connectivity index (χ0) is 17.0. The fraction of sp³-hybridized carbons (Fsp3) is 0.571. The summed E-state index contributed by atoms with van der Waals surface area (Å²) in [6.45, 7) is 0.867. The molecule has 0 aliphatic carbocycles. The summed E-state index contributed by atoms with van der Waals surface area (Å²) in [5, 5.41) is 21.1. The first-order chi connectivity index (χ1) is 10.8. The number of hydrogen-bond acceptors (Lipinski definition) is 6. The van der Waals surface area contributed by atoms with Crippen LogP contribution in [0.4, 0.5) is 19.0 Å². The molecule has 0 fully saturated rings. The number of halogens is 3. The van der Waals surface area contributed by atoms with E-state index in [0.29, 0.717) is 28.3 Å². The van der Waals surface area contributed by atoms with Gasteiger partial charge in [0.1, 0.15) is 16.5 Å². The molecule has 0 bridgehead atoms. The van der Waals surface area contributed by atoms with Gasteiger partial charge in [0.05, 0.1) is 24.5 Å². The molecule has 5 nitrogen and oxygen atoms in total. The number of anilines is 1. The van der Waals surface area contributed by atoms with E-state index in [1.165, 1.54) is 16.2 Å². The van der Waals surface area contributed by atoms with Crippen LogP contribution in [-0.4, -0.2) is 52.2 Å². The number of aliphatic hydroxyl groups excluding tert-OH is 2. The van der Waals surface area contributed by atoms with E-state index in [4.69, 9.17) is 5.11 Å². The standard InChI is InChI=1S/C14H18F3N3O2S/c1-2-11-18-12(10-3-6-23-13(10)19-11)20(7-9(22)8-21)5-4-14(15,16)17/h3,6,9,21-22H,2,4-5,7-8H2,1H3/t9-/m0/s1. The Morgan fingerprint density at radius 1 is 1.35 bits per heavy atom. The Bertz CT molecular complexity index is 648. The van der Waals surface area contributed by atoms with Crippen molar-refractivity contribution in [1.29, 1.82) is 0 Å². The predicted octanol–water partition coefficient (Wildman–Crippen LogP) is 2.37. The Balaban J connectivity index is 2.38. The molecule has 128 valence electrons. The summed E-state index contributed by atoms with van der Waals surface area (Å²) in [5.74, 6) is 0.898. The van der Waals surface area contributed by atoms with Crippen LogP contribution in [0, 0.1) is 0 Å². The second-order valence-electron chi connectivity index (χ2n) is 5.10. The molecule has 0 aliphatic rings. The van der Waals surface area contributed by atoms with Crippen molar-refractivity contribution in [3.63, 3.8) is 0 Å². The van der Waals surface area contributed by atoms with E-state index >= 15 is 0 Å². The highest BCUT2D eigenvalue weighted by molar-refractivity contribution is 7.16. The molecule has 0 radical (unpaired) electrons. The van der Waals surface area contributed by atoms with Gasteiger partial charge in [0.2, 0.25) is 0 Å². The largest absolute Gasteiger partial charge is 0.394 e. The first-order valence-electron chi connectivity index (χ1n) is 7.18. The van der Waals surface area contributed by atoms with E-state index in [9.17, 15) is 18.3 Å². The maximum atomic E-state index is 12.6. The normalized spacial score (nSPS) is 13.5. The van der Waals surface area contributed by atoms with Gasteiger partial charge in [-0.2, -0.15) is 13.2 Å².